The van der Waals surface area contributed by atoms with Crippen molar-refractivity contribution in [3.05, 3.63) is 86.1 Å². The molecule has 4 nitrogen and oxygen atoms in total. The summed E-state index contributed by atoms with van der Waals surface area (Å²) in [4.78, 5) is 21.2. The molecule has 0 amide bonds. The van der Waals surface area contributed by atoms with Gasteiger partial charge in [0, 0.05) is 12.1 Å². The zero-order chi connectivity index (χ0) is 13.7. The summed E-state index contributed by atoms with van der Waals surface area (Å²) in [5.74, 6) is 0. The minimum Gasteiger partial charge on any atom is -0.290 e. The number of rotatable bonds is 3. The molecule has 0 fully saturated rings. The fourth-order valence-corrected chi connectivity index (χ4v) is 1.55. The van der Waals surface area contributed by atoms with E-state index in [1.54, 1.807) is 24.3 Å². The minimum atomic E-state index is -0.430. The van der Waals surface area contributed by atoms with Crippen LogP contribution in [0.4, 0.5) is 5.69 Å². The molecule has 0 saturated heterocycles. The van der Waals surface area contributed by atoms with E-state index in [9.17, 15) is 14.9 Å². The lowest BCUT2D eigenvalue weighted by Crippen LogP contribution is -1.87. The maximum absolute atomic E-state index is 11.1. The van der Waals surface area contributed by atoms with Gasteiger partial charge in [-0.25, -0.2) is 0 Å². The zero-order valence-electron chi connectivity index (χ0n) is 10.0. The molecule has 2 aromatic rings. The molecule has 0 atom stereocenters. The summed E-state index contributed by atoms with van der Waals surface area (Å²) in [7, 11) is 0. The van der Waals surface area contributed by atoms with Crippen LogP contribution in [0.25, 0.3) is 12.2 Å². The number of nitrogens with zero attached hydrogens (tertiary/aromatic N) is 1. The van der Waals surface area contributed by atoms with Gasteiger partial charge in [0.05, 0.1) is 4.92 Å². The topological polar surface area (TPSA) is 60.2 Å². The molecule has 2 aromatic carbocycles. The van der Waals surface area contributed by atoms with Gasteiger partial charge < -0.3 is 0 Å². The largest absolute Gasteiger partial charge is 0.290 e. The molecule has 0 N–H and O–H groups in total. The normalized spacial score (nSPS) is 10.5. The summed E-state index contributed by atoms with van der Waals surface area (Å²) >= 11 is 0. The molecule has 19 heavy (non-hydrogen) atoms. The van der Waals surface area contributed by atoms with Crippen molar-refractivity contribution in [3.8, 4) is 0 Å². The van der Waals surface area contributed by atoms with E-state index in [0.717, 1.165) is 11.1 Å². The summed E-state index contributed by atoms with van der Waals surface area (Å²) in [5, 5.41) is 10.5. The molecule has 0 radical (unpaired) electrons. The van der Waals surface area contributed by atoms with E-state index in [1.165, 1.54) is 24.3 Å². The van der Waals surface area contributed by atoms with Crippen molar-refractivity contribution in [1.29, 1.82) is 0 Å². The van der Waals surface area contributed by atoms with Crippen LogP contribution in [-0.4, -0.2) is 4.92 Å². The Morgan fingerprint density at radius 2 is 1.42 bits per heavy atom. The Labute approximate surface area is 109 Å². The van der Waals surface area contributed by atoms with Gasteiger partial charge in [-0.1, -0.05) is 30.4 Å². The lowest BCUT2D eigenvalue weighted by atomic mass is 10.1. The summed E-state index contributed by atoms with van der Waals surface area (Å²) in [6.45, 7) is 0. The summed E-state index contributed by atoms with van der Waals surface area (Å²) < 4.78 is 0. The Hall–Kier alpha value is -2.75. The third-order valence-electron chi connectivity index (χ3n) is 2.56. The van der Waals surface area contributed by atoms with Crippen molar-refractivity contribution in [2.45, 2.75) is 0 Å². The highest BCUT2D eigenvalue weighted by atomic mass is 16.6. The molecule has 4 heteroatoms. The average Bonchev–Trinajstić information content (AvgIpc) is 2.61. The van der Waals surface area contributed by atoms with Crippen molar-refractivity contribution in [2.75, 3.05) is 0 Å². The molecule has 0 unspecified atom stereocenters. The van der Waals surface area contributed by atoms with Gasteiger partial charge in [0.2, 0.25) is 0 Å². The predicted octanol–water partition coefficient (Wildman–Crippen LogP) is 3.13. The van der Waals surface area contributed by atoms with Crippen LogP contribution in [0.15, 0.2) is 59.4 Å². The predicted molar refractivity (Wildman–Crippen MR) is 74.7 cm³/mol. The Bertz CT molecular complexity index is 675. The lowest BCUT2D eigenvalue weighted by Gasteiger charge is -1.93. The van der Waals surface area contributed by atoms with Crippen molar-refractivity contribution in [1.82, 2.24) is 0 Å². The van der Waals surface area contributed by atoms with E-state index in [0.29, 0.717) is 0 Å². The van der Waals surface area contributed by atoms with Crippen LogP contribution >= 0.6 is 0 Å². The van der Waals surface area contributed by atoms with Gasteiger partial charge in [-0.15, -0.1) is 0 Å². The molecule has 2 rings (SSSR count). The Morgan fingerprint density at radius 3 is 2.05 bits per heavy atom. The van der Waals surface area contributed by atoms with E-state index < -0.39 is 4.92 Å². The molecule has 0 aromatic heterocycles. The molecule has 0 spiro atoms. The molecule has 0 bridgehead atoms. The zero-order valence-corrected chi connectivity index (χ0v) is 10.0. The SMILES string of the molecule is O=c1cccc(C=Cc2ccc([N+](=O)[O-])cc2)cc1. The second-order valence-electron chi connectivity index (χ2n) is 3.94. The highest BCUT2D eigenvalue weighted by Gasteiger charge is 2.01. The van der Waals surface area contributed by atoms with E-state index in [1.807, 2.05) is 18.2 Å². The Balaban J connectivity index is 2.20. The fourth-order valence-electron chi connectivity index (χ4n) is 1.55. The highest BCUT2D eigenvalue weighted by molar-refractivity contribution is 5.69. The van der Waals surface area contributed by atoms with Crippen molar-refractivity contribution in [3.63, 3.8) is 0 Å². The van der Waals surface area contributed by atoms with E-state index in [2.05, 4.69) is 0 Å². The Kier molecular flexibility index (Phi) is 3.83. The van der Waals surface area contributed by atoms with Crippen LogP contribution in [0.3, 0.4) is 0 Å². The first kappa shape index (κ1) is 12.7. The number of non-ortho nitro benzene ring substituents is 1. The van der Waals surface area contributed by atoms with Gasteiger partial charge in [0.15, 0.2) is 5.43 Å². The smallest absolute Gasteiger partial charge is 0.269 e. The molecule has 0 heterocycles. The van der Waals surface area contributed by atoms with Gasteiger partial charge in [-0.3, -0.25) is 14.9 Å². The summed E-state index contributed by atoms with van der Waals surface area (Å²) in [6.07, 6.45) is 3.68. The van der Waals surface area contributed by atoms with Crippen LogP contribution in [-0.2, 0) is 0 Å². The van der Waals surface area contributed by atoms with Crippen LogP contribution < -0.4 is 5.43 Å². The number of nitro groups is 1. The second-order valence-corrected chi connectivity index (χ2v) is 3.94. The maximum atomic E-state index is 11.1. The minimum absolute atomic E-state index is 0.0463. The van der Waals surface area contributed by atoms with Crippen LogP contribution in [0.2, 0.25) is 0 Å². The van der Waals surface area contributed by atoms with Crippen LogP contribution in [0.1, 0.15) is 11.1 Å². The number of benzene rings is 1. The van der Waals surface area contributed by atoms with Crippen molar-refractivity contribution >= 4 is 17.8 Å². The van der Waals surface area contributed by atoms with Gasteiger partial charge in [0.1, 0.15) is 0 Å². The first-order valence-electron chi connectivity index (χ1n) is 5.68. The molecule has 0 aliphatic heterocycles. The Morgan fingerprint density at radius 1 is 0.842 bits per heavy atom. The van der Waals surface area contributed by atoms with Gasteiger partial charge >= 0.3 is 0 Å². The van der Waals surface area contributed by atoms with Crippen molar-refractivity contribution < 1.29 is 4.92 Å². The monoisotopic (exact) mass is 253 g/mol. The molecular weight excluding hydrogens is 242 g/mol. The van der Waals surface area contributed by atoms with Crippen molar-refractivity contribution in [2.24, 2.45) is 0 Å². The second kappa shape index (κ2) is 5.73. The number of hydrogen-bond donors (Lipinski definition) is 0. The van der Waals surface area contributed by atoms with E-state index in [-0.39, 0.29) is 11.1 Å². The molecule has 0 saturated carbocycles. The standard InChI is InChI=1S/C15H11NO3/c17-15-3-1-2-12(8-11-15)4-5-13-6-9-14(10-7-13)16(18)19/h1-11H. The van der Waals surface area contributed by atoms with Gasteiger partial charge in [-0.05, 0) is 35.4 Å². The lowest BCUT2D eigenvalue weighted by molar-refractivity contribution is -0.384. The third kappa shape index (κ3) is 3.61. The molecular formula is C15H11NO3. The summed E-state index contributed by atoms with van der Waals surface area (Å²) in [6, 6.07) is 14.5. The number of nitro benzene ring substituents is 1. The van der Waals surface area contributed by atoms with Crippen LogP contribution in [0.5, 0.6) is 0 Å². The molecule has 0 aliphatic carbocycles. The number of hydrogen-bond acceptors (Lipinski definition) is 3. The highest BCUT2D eigenvalue weighted by Crippen LogP contribution is 2.13. The van der Waals surface area contributed by atoms with E-state index >= 15 is 0 Å². The maximum Gasteiger partial charge on any atom is 0.269 e. The van der Waals surface area contributed by atoms with Gasteiger partial charge in [-0.2, -0.15) is 0 Å². The van der Waals surface area contributed by atoms with Crippen LogP contribution in [0, 0.1) is 10.1 Å². The molecule has 94 valence electrons. The third-order valence-corrected chi connectivity index (χ3v) is 2.56. The first-order chi connectivity index (χ1) is 9.15. The van der Waals surface area contributed by atoms with E-state index in [4.69, 9.17) is 0 Å². The van der Waals surface area contributed by atoms with Gasteiger partial charge in [0.25, 0.3) is 5.69 Å². The quantitative estimate of drug-likeness (QED) is 0.623. The summed E-state index contributed by atoms with van der Waals surface area (Å²) in [5.41, 5.74) is 1.77. The fraction of sp³-hybridized carbons (Fsp3) is 0. The molecule has 0 aliphatic rings. The average molecular weight is 253 g/mol. The first-order valence-corrected chi connectivity index (χ1v) is 5.68.